The summed E-state index contributed by atoms with van der Waals surface area (Å²) >= 11 is 0. The van der Waals surface area contributed by atoms with Crippen LogP contribution in [0.1, 0.15) is 5.56 Å². The lowest BCUT2D eigenvalue weighted by molar-refractivity contribution is 0.617. The summed E-state index contributed by atoms with van der Waals surface area (Å²) in [7, 11) is 0. The average molecular weight is 253 g/mol. The predicted molar refractivity (Wildman–Crippen MR) is 73.9 cm³/mol. The van der Waals surface area contributed by atoms with Crippen LogP contribution >= 0.6 is 0 Å². The summed E-state index contributed by atoms with van der Waals surface area (Å²) in [5.74, 6) is 0.422. The van der Waals surface area contributed by atoms with E-state index in [-0.39, 0.29) is 0 Å². The molecule has 0 atom stereocenters. The Morgan fingerprint density at radius 3 is 2.95 bits per heavy atom. The molecule has 0 fully saturated rings. The van der Waals surface area contributed by atoms with Gasteiger partial charge < -0.3 is 10.2 Å². The van der Waals surface area contributed by atoms with E-state index in [1.165, 1.54) is 0 Å². The molecule has 0 saturated carbocycles. The van der Waals surface area contributed by atoms with E-state index in [4.69, 9.17) is 10.2 Å². The van der Waals surface area contributed by atoms with E-state index in [0.29, 0.717) is 17.4 Å². The number of benzene rings is 1. The number of nitrogens with one attached hydrogen (secondary N) is 1. The molecule has 6 nitrogen and oxygen atoms in total. The number of rotatable bonds is 3. The number of hydrogen-bond donors (Lipinski definition) is 2. The van der Waals surface area contributed by atoms with Crippen molar-refractivity contribution in [3.8, 4) is 0 Å². The summed E-state index contributed by atoms with van der Waals surface area (Å²) in [4.78, 5) is 8.19. The van der Waals surface area contributed by atoms with E-state index in [9.17, 15) is 0 Å². The van der Waals surface area contributed by atoms with E-state index in [2.05, 4.69) is 20.5 Å². The summed E-state index contributed by atoms with van der Waals surface area (Å²) in [6.07, 6.45) is 3.19. The van der Waals surface area contributed by atoms with Crippen LogP contribution in [-0.2, 0) is 0 Å². The van der Waals surface area contributed by atoms with Crippen molar-refractivity contribution in [3.63, 3.8) is 0 Å². The molecule has 19 heavy (non-hydrogen) atoms. The van der Waals surface area contributed by atoms with E-state index in [0.717, 1.165) is 11.1 Å². The molecular weight excluding hydrogens is 242 g/mol. The second kappa shape index (κ2) is 4.77. The van der Waals surface area contributed by atoms with Gasteiger partial charge in [0.05, 0.1) is 6.21 Å². The quantitative estimate of drug-likeness (QED) is 0.552. The first kappa shape index (κ1) is 11.2. The van der Waals surface area contributed by atoms with Crippen LogP contribution in [0.5, 0.6) is 0 Å². The van der Waals surface area contributed by atoms with Crippen molar-refractivity contribution < 1.29 is 4.42 Å². The Bertz CT molecular complexity index is 701. The van der Waals surface area contributed by atoms with Crippen molar-refractivity contribution in [1.82, 2.24) is 9.97 Å². The molecule has 94 valence electrons. The highest BCUT2D eigenvalue weighted by molar-refractivity contribution is 5.85. The Morgan fingerprint density at radius 2 is 2.11 bits per heavy atom. The number of aromatic nitrogens is 2. The van der Waals surface area contributed by atoms with Gasteiger partial charge in [0, 0.05) is 11.8 Å². The van der Waals surface area contributed by atoms with Crippen LogP contribution in [0.3, 0.4) is 0 Å². The molecule has 0 aliphatic carbocycles. The number of fused-ring (bicyclic) bond motifs is 1. The molecule has 6 heteroatoms. The molecule has 2 aromatic heterocycles. The van der Waals surface area contributed by atoms with Crippen molar-refractivity contribution >= 4 is 29.1 Å². The third-order valence-corrected chi connectivity index (χ3v) is 2.53. The van der Waals surface area contributed by atoms with Crippen LogP contribution < -0.4 is 11.2 Å². The minimum absolute atomic E-state index is 0.333. The van der Waals surface area contributed by atoms with Gasteiger partial charge in [-0.05, 0) is 24.3 Å². The minimum Gasteiger partial charge on any atom is -0.422 e. The number of hydrazone groups is 1. The first-order valence-electron chi connectivity index (χ1n) is 5.68. The van der Waals surface area contributed by atoms with E-state index in [1.807, 2.05) is 30.3 Å². The summed E-state index contributed by atoms with van der Waals surface area (Å²) in [5.41, 5.74) is 10.6. The zero-order valence-electron chi connectivity index (χ0n) is 9.95. The molecule has 0 saturated heterocycles. The maximum atomic E-state index is 5.69. The third kappa shape index (κ3) is 2.37. The molecular formula is C13H11N5O. The summed E-state index contributed by atoms with van der Waals surface area (Å²) in [6.45, 7) is 0. The molecule has 1 aromatic carbocycles. The zero-order chi connectivity index (χ0) is 13.1. The molecule has 0 spiro atoms. The monoisotopic (exact) mass is 253 g/mol. The number of hydrogen-bond acceptors (Lipinski definition) is 6. The lowest BCUT2D eigenvalue weighted by Gasteiger charge is -1.96. The lowest BCUT2D eigenvalue weighted by Crippen LogP contribution is -1.97. The maximum absolute atomic E-state index is 5.69. The van der Waals surface area contributed by atoms with Crippen LogP contribution in [0.2, 0.25) is 0 Å². The van der Waals surface area contributed by atoms with Crippen molar-refractivity contribution in [2.24, 2.45) is 5.10 Å². The normalized spacial score (nSPS) is 11.2. The smallest absolute Gasteiger partial charge is 0.316 e. The molecule has 0 unspecified atom stereocenters. The number of anilines is 2. The minimum atomic E-state index is 0.333. The van der Waals surface area contributed by atoms with Gasteiger partial charge in [0.25, 0.3) is 0 Å². The molecule has 0 aliphatic rings. The van der Waals surface area contributed by atoms with Gasteiger partial charge in [0.1, 0.15) is 11.3 Å². The standard InChI is InChI=1S/C13H11N5O/c14-12-9(4-3-7-15-12)8-16-18-13-17-10-5-1-2-6-11(10)19-13/h1-8H,(H2,14,15)(H,17,18). The van der Waals surface area contributed by atoms with Gasteiger partial charge >= 0.3 is 6.01 Å². The van der Waals surface area contributed by atoms with Crippen molar-refractivity contribution in [1.29, 1.82) is 0 Å². The highest BCUT2D eigenvalue weighted by Gasteiger charge is 2.02. The van der Waals surface area contributed by atoms with Gasteiger partial charge in [-0.2, -0.15) is 10.1 Å². The summed E-state index contributed by atoms with van der Waals surface area (Å²) in [5, 5.41) is 4.02. The fourth-order valence-corrected chi connectivity index (χ4v) is 1.62. The fraction of sp³-hybridized carbons (Fsp3) is 0. The van der Waals surface area contributed by atoms with Crippen LogP contribution in [0, 0.1) is 0 Å². The fourth-order valence-electron chi connectivity index (χ4n) is 1.62. The molecule has 0 radical (unpaired) electrons. The topological polar surface area (TPSA) is 89.3 Å². The number of para-hydroxylation sites is 2. The third-order valence-electron chi connectivity index (χ3n) is 2.53. The molecule has 0 aliphatic heterocycles. The second-order valence-electron chi connectivity index (χ2n) is 3.83. The van der Waals surface area contributed by atoms with E-state index >= 15 is 0 Å². The Balaban J connectivity index is 1.77. The van der Waals surface area contributed by atoms with Gasteiger partial charge in [0.15, 0.2) is 5.58 Å². The van der Waals surface area contributed by atoms with Gasteiger partial charge in [-0.15, -0.1) is 0 Å². The van der Waals surface area contributed by atoms with E-state index < -0.39 is 0 Å². The Morgan fingerprint density at radius 1 is 1.21 bits per heavy atom. The molecule has 2 heterocycles. The SMILES string of the molecule is Nc1ncccc1C=NNc1nc2ccccc2o1. The van der Waals surface area contributed by atoms with Gasteiger partial charge in [-0.3, -0.25) is 0 Å². The highest BCUT2D eigenvalue weighted by Crippen LogP contribution is 2.17. The van der Waals surface area contributed by atoms with Crippen molar-refractivity contribution in [3.05, 3.63) is 48.2 Å². The lowest BCUT2D eigenvalue weighted by atomic mass is 10.3. The number of pyridine rings is 1. The number of nitrogens with two attached hydrogens (primary N) is 1. The largest absolute Gasteiger partial charge is 0.422 e. The Kier molecular flexibility index (Phi) is 2.82. The first-order chi connectivity index (χ1) is 9.33. The molecule has 3 aromatic rings. The van der Waals surface area contributed by atoms with Crippen molar-refractivity contribution in [2.45, 2.75) is 0 Å². The van der Waals surface area contributed by atoms with Crippen LogP contribution in [0.25, 0.3) is 11.1 Å². The first-order valence-corrected chi connectivity index (χ1v) is 5.68. The average Bonchev–Trinajstić information content (AvgIpc) is 2.83. The van der Waals surface area contributed by atoms with Gasteiger partial charge in [0.2, 0.25) is 0 Å². The van der Waals surface area contributed by atoms with Crippen molar-refractivity contribution in [2.75, 3.05) is 11.2 Å². The summed E-state index contributed by atoms with van der Waals surface area (Å²) < 4.78 is 5.45. The number of nitrogens with zero attached hydrogens (tertiary/aromatic N) is 3. The number of oxazole rings is 1. The van der Waals surface area contributed by atoms with Gasteiger partial charge in [-0.25, -0.2) is 10.4 Å². The van der Waals surface area contributed by atoms with Crippen LogP contribution in [0.15, 0.2) is 52.1 Å². The summed E-state index contributed by atoms with van der Waals surface area (Å²) in [6, 6.07) is 11.4. The highest BCUT2D eigenvalue weighted by atomic mass is 16.4. The molecule has 0 amide bonds. The Labute approximate surface area is 109 Å². The maximum Gasteiger partial charge on any atom is 0.316 e. The molecule has 3 N–H and O–H groups in total. The second-order valence-corrected chi connectivity index (χ2v) is 3.83. The molecule has 3 rings (SSSR count). The Hall–Kier alpha value is -2.89. The predicted octanol–water partition coefficient (Wildman–Crippen LogP) is 2.25. The van der Waals surface area contributed by atoms with Crippen LogP contribution in [-0.4, -0.2) is 16.2 Å². The molecule has 0 bridgehead atoms. The zero-order valence-corrected chi connectivity index (χ0v) is 9.95. The van der Waals surface area contributed by atoms with E-state index in [1.54, 1.807) is 18.5 Å². The van der Waals surface area contributed by atoms with Gasteiger partial charge in [-0.1, -0.05) is 12.1 Å². The van der Waals surface area contributed by atoms with Crippen LogP contribution in [0.4, 0.5) is 11.8 Å². The number of nitrogen functional groups attached to an aromatic ring is 1.